The van der Waals surface area contributed by atoms with Gasteiger partial charge < -0.3 is 9.15 Å². The number of amides is 2. The number of rotatable bonds is 5. The molecule has 7 heteroatoms. The first-order valence-corrected chi connectivity index (χ1v) is 10.0. The molecule has 1 aromatic heterocycles. The van der Waals surface area contributed by atoms with Crippen LogP contribution in [0.2, 0.25) is 0 Å². The molecule has 4 rings (SSSR count). The van der Waals surface area contributed by atoms with Gasteiger partial charge in [0.2, 0.25) is 11.8 Å². The third-order valence-corrected chi connectivity index (χ3v) is 5.91. The minimum Gasteiger partial charge on any atom is -0.459 e. The maximum Gasteiger partial charge on any atom is 0.336 e. The number of esters is 1. The summed E-state index contributed by atoms with van der Waals surface area (Å²) < 4.78 is 10.5. The van der Waals surface area contributed by atoms with Crippen LogP contribution in [-0.4, -0.2) is 29.2 Å². The Balaban J connectivity index is 1.46. The molecule has 29 heavy (non-hydrogen) atoms. The summed E-state index contributed by atoms with van der Waals surface area (Å²) in [5.74, 6) is -1.79. The second-order valence-corrected chi connectivity index (χ2v) is 7.70. The highest BCUT2D eigenvalue weighted by Crippen LogP contribution is 2.37. The van der Waals surface area contributed by atoms with Gasteiger partial charge in [-0.3, -0.25) is 19.3 Å². The SMILES string of the molecule is CCc1ccc2c(COC(=O)CN3C(=O)[C@H]4CCCC[C@@H]4C3=O)cc(=O)oc2c1. The lowest BCUT2D eigenvalue weighted by Crippen LogP contribution is -2.36. The first-order chi connectivity index (χ1) is 14.0. The van der Waals surface area contributed by atoms with Gasteiger partial charge in [-0.2, -0.15) is 0 Å². The van der Waals surface area contributed by atoms with Crippen LogP contribution in [0.4, 0.5) is 0 Å². The molecular formula is C22H23NO6. The Morgan fingerprint density at radius 2 is 1.79 bits per heavy atom. The number of benzene rings is 1. The monoisotopic (exact) mass is 397 g/mol. The van der Waals surface area contributed by atoms with Gasteiger partial charge in [0.25, 0.3) is 0 Å². The summed E-state index contributed by atoms with van der Waals surface area (Å²) in [6.45, 7) is 1.49. The van der Waals surface area contributed by atoms with E-state index in [9.17, 15) is 19.2 Å². The number of carbonyl (C=O) groups excluding carboxylic acids is 3. The molecular weight excluding hydrogens is 374 g/mol. The number of hydrogen-bond acceptors (Lipinski definition) is 6. The van der Waals surface area contributed by atoms with Crippen LogP contribution in [0.3, 0.4) is 0 Å². The van der Waals surface area contributed by atoms with Crippen molar-refractivity contribution in [3.8, 4) is 0 Å². The van der Waals surface area contributed by atoms with Gasteiger partial charge in [0.05, 0.1) is 11.8 Å². The molecule has 0 unspecified atom stereocenters. The van der Waals surface area contributed by atoms with Gasteiger partial charge in [-0.05, 0) is 30.9 Å². The van der Waals surface area contributed by atoms with Crippen LogP contribution in [-0.2, 0) is 32.1 Å². The average Bonchev–Trinajstić information content (AvgIpc) is 2.96. The van der Waals surface area contributed by atoms with E-state index in [-0.39, 0.29) is 36.8 Å². The zero-order chi connectivity index (χ0) is 20.5. The lowest BCUT2D eigenvalue weighted by Gasteiger charge is -2.19. The van der Waals surface area contributed by atoms with Gasteiger partial charge in [0.15, 0.2) is 0 Å². The van der Waals surface area contributed by atoms with E-state index in [0.29, 0.717) is 29.4 Å². The van der Waals surface area contributed by atoms with E-state index < -0.39 is 11.6 Å². The molecule has 2 aliphatic rings. The number of aryl methyl sites for hydroxylation is 1. The first-order valence-electron chi connectivity index (χ1n) is 10.0. The summed E-state index contributed by atoms with van der Waals surface area (Å²) >= 11 is 0. The summed E-state index contributed by atoms with van der Waals surface area (Å²) in [5.41, 5.74) is 1.48. The number of imide groups is 1. The van der Waals surface area contributed by atoms with E-state index in [1.54, 1.807) is 6.07 Å². The lowest BCUT2D eigenvalue weighted by atomic mass is 9.81. The second-order valence-electron chi connectivity index (χ2n) is 7.70. The Bertz CT molecular complexity index is 1020. The summed E-state index contributed by atoms with van der Waals surface area (Å²) in [5, 5.41) is 0.689. The largest absolute Gasteiger partial charge is 0.459 e. The molecule has 152 valence electrons. The Morgan fingerprint density at radius 3 is 2.45 bits per heavy atom. The molecule has 1 aromatic carbocycles. The van der Waals surface area contributed by atoms with Crippen LogP contribution >= 0.6 is 0 Å². The highest BCUT2D eigenvalue weighted by atomic mass is 16.5. The van der Waals surface area contributed by atoms with Gasteiger partial charge in [-0.15, -0.1) is 0 Å². The normalized spacial score (nSPS) is 21.5. The van der Waals surface area contributed by atoms with Crippen molar-refractivity contribution in [3.63, 3.8) is 0 Å². The molecule has 0 radical (unpaired) electrons. The molecule has 1 saturated heterocycles. The van der Waals surface area contributed by atoms with E-state index in [2.05, 4.69) is 0 Å². The number of hydrogen-bond donors (Lipinski definition) is 0. The van der Waals surface area contributed by atoms with Crippen molar-refractivity contribution in [2.24, 2.45) is 11.8 Å². The van der Waals surface area contributed by atoms with Crippen molar-refractivity contribution in [2.75, 3.05) is 6.54 Å². The zero-order valence-corrected chi connectivity index (χ0v) is 16.3. The number of carbonyl (C=O) groups is 3. The fourth-order valence-corrected chi connectivity index (χ4v) is 4.33. The van der Waals surface area contributed by atoms with Gasteiger partial charge in [-0.1, -0.05) is 31.9 Å². The highest BCUT2D eigenvalue weighted by molar-refractivity contribution is 6.07. The lowest BCUT2D eigenvalue weighted by molar-refractivity contribution is -0.153. The van der Waals surface area contributed by atoms with Crippen molar-refractivity contribution in [1.29, 1.82) is 0 Å². The molecule has 1 aliphatic heterocycles. The topological polar surface area (TPSA) is 93.9 Å². The van der Waals surface area contributed by atoms with E-state index >= 15 is 0 Å². The Hall–Kier alpha value is -2.96. The second kappa shape index (κ2) is 7.81. The van der Waals surface area contributed by atoms with Gasteiger partial charge in [0.1, 0.15) is 18.7 Å². The number of nitrogens with zero attached hydrogens (tertiary/aromatic N) is 1. The summed E-state index contributed by atoms with van der Waals surface area (Å²) in [6.07, 6.45) is 4.07. The molecule has 2 amide bonds. The van der Waals surface area contributed by atoms with E-state index in [1.807, 2.05) is 19.1 Å². The molecule has 2 heterocycles. The minimum absolute atomic E-state index is 0.129. The van der Waals surface area contributed by atoms with E-state index in [0.717, 1.165) is 29.7 Å². The molecule has 0 bridgehead atoms. The van der Waals surface area contributed by atoms with Crippen molar-refractivity contribution in [3.05, 3.63) is 45.8 Å². The van der Waals surface area contributed by atoms with Gasteiger partial charge in [0, 0.05) is 17.0 Å². The molecule has 7 nitrogen and oxygen atoms in total. The quantitative estimate of drug-likeness (QED) is 0.437. The maximum absolute atomic E-state index is 12.5. The van der Waals surface area contributed by atoms with Crippen LogP contribution < -0.4 is 5.63 Å². The number of ether oxygens (including phenoxy) is 1. The Labute approximate surface area is 167 Å². The fourth-order valence-electron chi connectivity index (χ4n) is 4.33. The van der Waals surface area contributed by atoms with Crippen LogP contribution in [0, 0.1) is 11.8 Å². The van der Waals surface area contributed by atoms with Crippen molar-refractivity contribution >= 4 is 28.8 Å². The van der Waals surface area contributed by atoms with Crippen molar-refractivity contribution in [2.45, 2.75) is 45.6 Å². The van der Waals surface area contributed by atoms with Gasteiger partial charge in [-0.25, -0.2) is 4.79 Å². The third kappa shape index (κ3) is 3.69. The Kier molecular flexibility index (Phi) is 5.22. The maximum atomic E-state index is 12.5. The van der Waals surface area contributed by atoms with Crippen molar-refractivity contribution < 1.29 is 23.5 Å². The summed E-state index contributed by atoms with van der Waals surface area (Å²) in [7, 11) is 0. The molecule has 0 N–H and O–H groups in total. The van der Waals surface area contributed by atoms with Gasteiger partial charge >= 0.3 is 11.6 Å². The van der Waals surface area contributed by atoms with Crippen LogP contribution in [0.25, 0.3) is 11.0 Å². The third-order valence-electron chi connectivity index (χ3n) is 5.91. The molecule has 2 atom stereocenters. The van der Waals surface area contributed by atoms with Crippen LogP contribution in [0.5, 0.6) is 0 Å². The fraction of sp³-hybridized carbons (Fsp3) is 0.455. The smallest absolute Gasteiger partial charge is 0.336 e. The van der Waals surface area contributed by atoms with Crippen LogP contribution in [0.1, 0.15) is 43.7 Å². The van der Waals surface area contributed by atoms with E-state index in [1.165, 1.54) is 6.07 Å². The highest BCUT2D eigenvalue weighted by Gasteiger charge is 2.48. The number of fused-ring (bicyclic) bond motifs is 2. The molecule has 1 aliphatic carbocycles. The van der Waals surface area contributed by atoms with E-state index in [4.69, 9.17) is 9.15 Å². The van der Waals surface area contributed by atoms with Crippen molar-refractivity contribution in [1.82, 2.24) is 4.90 Å². The first kappa shape index (κ1) is 19.4. The minimum atomic E-state index is -0.670. The summed E-state index contributed by atoms with van der Waals surface area (Å²) in [6, 6.07) is 6.85. The molecule has 2 fully saturated rings. The zero-order valence-electron chi connectivity index (χ0n) is 16.3. The Morgan fingerprint density at radius 1 is 1.10 bits per heavy atom. The molecule has 1 saturated carbocycles. The standard InChI is InChI=1S/C22H23NO6/c1-2-13-7-8-15-14(10-19(24)29-18(15)9-13)12-28-20(25)11-23-21(26)16-5-3-4-6-17(16)22(23)27/h7-10,16-17H,2-6,11-12H2,1H3/t16-,17-/m0/s1. The predicted molar refractivity (Wildman–Crippen MR) is 104 cm³/mol. The number of likely N-dealkylation sites (tertiary alicyclic amines) is 1. The molecule has 0 spiro atoms. The predicted octanol–water partition coefficient (Wildman–Crippen LogP) is 2.57. The summed E-state index contributed by atoms with van der Waals surface area (Å²) in [4.78, 5) is 50.2. The molecule has 2 aromatic rings. The van der Waals surface area contributed by atoms with Crippen LogP contribution in [0.15, 0.2) is 33.5 Å². The average molecular weight is 397 g/mol.